The molecule has 1 heterocycles. The van der Waals surface area contributed by atoms with Gasteiger partial charge in [-0.25, -0.2) is 0 Å². The number of aliphatic hydroxyl groups excluding tert-OH is 1. The average Bonchev–Trinajstić information content (AvgIpc) is 2.83. The van der Waals surface area contributed by atoms with Gasteiger partial charge in [-0.1, -0.05) is 32.4 Å². The first kappa shape index (κ1) is 17.0. The number of esters is 1. The molecule has 2 N–H and O–H groups in total. The van der Waals surface area contributed by atoms with Gasteiger partial charge in [-0.3, -0.25) is 4.79 Å². The summed E-state index contributed by atoms with van der Waals surface area (Å²) in [6.07, 6.45) is 5.64. The Morgan fingerprint density at radius 3 is 2.96 bits per heavy atom. The van der Waals surface area contributed by atoms with Crippen LogP contribution in [0.15, 0.2) is 11.6 Å². The summed E-state index contributed by atoms with van der Waals surface area (Å²) in [7, 11) is 0. The van der Waals surface area contributed by atoms with Gasteiger partial charge in [0.25, 0.3) is 0 Å². The van der Waals surface area contributed by atoms with Gasteiger partial charge in [-0.2, -0.15) is 0 Å². The van der Waals surface area contributed by atoms with Crippen LogP contribution in [0.3, 0.4) is 0 Å². The summed E-state index contributed by atoms with van der Waals surface area (Å²) in [6, 6.07) is 0.377. The molecule has 0 amide bonds. The van der Waals surface area contributed by atoms with Gasteiger partial charge in [0, 0.05) is 30.3 Å². The zero-order valence-electron chi connectivity index (χ0n) is 14.8. The van der Waals surface area contributed by atoms with Crippen molar-refractivity contribution in [2.75, 3.05) is 6.54 Å². The molecule has 130 valence electrons. The largest absolute Gasteiger partial charge is 0.461 e. The molecule has 1 saturated heterocycles. The second-order valence-corrected chi connectivity index (χ2v) is 8.02. The molecule has 2 fully saturated rings. The van der Waals surface area contributed by atoms with Crippen LogP contribution in [0.2, 0.25) is 0 Å². The minimum Gasteiger partial charge on any atom is -0.461 e. The molecule has 1 saturated carbocycles. The lowest BCUT2D eigenvalue weighted by molar-refractivity contribution is -0.144. The summed E-state index contributed by atoms with van der Waals surface area (Å²) in [5.41, 5.74) is 1.09. The Morgan fingerprint density at radius 1 is 1.52 bits per heavy atom. The number of hydrogen-bond acceptors (Lipinski definition) is 4. The molecular weight excluding hydrogens is 290 g/mol. The smallest absolute Gasteiger partial charge is 0.311 e. The van der Waals surface area contributed by atoms with E-state index in [4.69, 9.17) is 4.74 Å². The van der Waals surface area contributed by atoms with Gasteiger partial charge in [0.15, 0.2) is 0 Å². The molecule has 0 unspecified atom stereocenters. The Labute approximate surface area is 139 Å². The molecule has 0 aromatic carbocycles. The van der Waals surface area contributed by atoms with E-state index in [0.29, 0.717) is 18.5 Å². The number of aliphatic hydroxyl groups is 1. The highest BCUT2D eigenvalue weighted by atomic mass is 16.6. The molecule has 1 aliphatic heterocycles. The summed E-state index contributed by atoms with van der Waals surface area (Å²) in [6.45, 7) is 9.28. The summed E-state index contributed by atoms with van der Waals surface area (Å²) < 4.78 is 5.66. The van der Waals surface area contributed by atoms with Crippen molar-refractivity contribution >= 4 is 5.97 Å². The molecular formula is C19H31NO3. The fraction of sp³-hybridized carbons (Fsp3) is 0.842. The molecule has 0 bridgehead atoms. The number of rotatable bonds is 4. The van der Waals surface area contributed by atoms with Crippen molar-refractivity contribution < 1.29 is 14.6 Å². The van der Waals surface area contributed by atoms with Crippen LogP contribution in [-0.4, -0.2) is 35.9 Å². The van der Waals surface area contributed by atoms with Crippen LogP contribution < -0.4 is 5.32 Å². The van der Waals surface area contributed by atoms with E-state index < -0.39 is 6.10 Å². The van der Waals surface area contributed by atoms with E-state index in [0.717, 1.165) is 25.7 Å². The SMILES string of the molecule is CC[C@H](C)NC[C@@H]1C(=O)O[C@H]2CC3=CCC[C@H](C)[C@]3(C)[C@@H](O)[C@@H]21. The van der Waals surface area contributed by atoms with Gasteiger partial charge in [0.05, 0.1) is 12.0 Å². The zero-order chi connectivity index (χ0) is 16.8. The minimum absolute atomic E-state index is 0.0817. The molecule has 0 spiro atoms. The van der Waals surface area contributed by atoms with E-state index in [1.54, 1.807) is 0 Å². The molecule has 3 aliphatic rings. The van der Waals surface area contributed by atoms with Crippen molar-refractivity contribution in [3.05, 3.63) is 11.6 Å². The van der Waals surface area contributed by atoms with Crippen LogP contribution in [0.4, 0.5) is 0 Å². The molecule has 2 aliphatic carbocycles. The van der Waals surface area contributed by atoms with Gasteiger partial charge >= 0.3 is 5.97 Å². The maximum Gasteiger partial charge on any atom is 0.311 e. The molecule has 4 nitrogen and oxygen atoms in total. The van der Waals surface area contributed by atoms with E-state index in [9.17, 15) is 9.90 Å². The number of fused-ring (bicyclic) bond motifs is 2. The van der Waals surface area contributed by atoms with Crippen LogP contribution in [0, 0.1) is 23.2 Å². The van der Waals surface area contributed by atoms with Crippen LogP contribution in [0.1, 0.15) is 53.4 Å². The van der Waals surface area contributed by atoms with Crippen molar-refractivity contribution in [3.8, 4) is 0 Å². The number of carbonyl (C=O) groups excluding carboxylic acids is 1. The first-order valence-electron chi connectivity index (χ1n) is 9.21. The lowest BCUT2D eigenvalue weighted by atomic mass is 9.55. The maximum absolute atomic E-state index is 12.4. The Balaban J connectivity index is 1.84. The molecule has 4 heteroatoms. The highest BCUT2D eigenvalue weighted by Gasteiger charge is 2.59. The Bertz CT molecular complexity index is 503. The summed E-state index contributed by atoms with van der Waals surface area (Å²) in [5, 5.41) is 14.6. The monoisotopic (exact) mass is 321 g/mol. The molecule has 0 aromatic heterocycles. The van der Waals surface area contributed by atoms with Crippen molar-refractivity contribution in [1.29, 1.82) is 0 Å². The first-order chi connectivity index (χ1) is 10.9. The lowest BCUT2D eigenvalue weighted by Crippen LogP contribution is -2.54. The number of allylic oxidation sites excluding steroid dienone is 1. The minimum atomic E-state index is -0.502. The number of hydrogen-bond donors (Lipinski definition) is 2. The summed E-state index contributed by atoms with van der Waals surface area (Å²) in [5.74, 6) is 0.000868. The van der Waals surface area contributed by atoms with E-state index in [-0.39, 0.29) is 29.3 Å². The second kappa shape index (κ2) is 6.21. The predicted octanol–water partition coefficient (Wildman–Crippen LogP) is 2.66. The highest BCUT2D eigenvalue weighted by molar-refractivity contribution is 5.76. The molecule has 23 heavy (non-hydrogen) atoms. The predicted molar refractivity (Wildman–Crippen MR) is 89.8 cm³/mol. The number of ether oxygens (including phenoxy) is 1. The highest BCUT2D eigenvalue weighted by Crippen LogP contribution is 2.55. The van der Waals surface area contributed by atoms with E-state index >= 15 is 0 Å². The standard InChI is InChI=1S/C19H31NO3/c1-5-12(3)20-10-14-16-15(23-18(14)22)9-13-8-6-7-11(2)19(13,4)17(16)21/h8,11-12,14-17,20-21H,5-7,9-10H2,1-4H3/t11-,12-,14-,15-,16+,17-,19-/m0/s1. The fourth-order valence-electron chi connectivity index (χ4n) is 4.77. The quantitative estimate of drug-likeness (QED) is 0.617. The van der Waals surface area contributed by atoms with Gasteiger partial charge in [0.1, 0.15) is 6.10 Å². The average molecular weight is 321 g/mol. The topological polar surface area (TPSA) is 58.6 Å². The van der Waals surface area contributed by atoms with Crippen molar-refractivity contribution in [1.82, 2.24) is 5.32 Å². The van der Waals surface area contributed by atoms with Gasteiger partial charge in [-0.05, 0) is 32.1 Å². The van der Waals surface area contributed by atoms with Crippen molar-refractivity contribution in [2.24, 2.45) is 23.2 Å². The first-order valence-corrected chi connectivity index (χ1v) is 9.21. The van der Waals surface area contributed by atoms with Crippen LogP contribution in [-0.2, 0) is 9.53 Å². The normalized spacial score (nSPS) is 44.1. The summed E-state index contributed by atoms with van der Waals surface area (Å²) in [4.78, 5) is 12.4. The Kier molecular flexibility index (Phi) is 4.58. The number of nitrogens with one attached hydrogen (secondary N) is 1. The zero-order valence-corrected chi connectivity index (χ0v) is 14.8. The third-order valence-electron chi connectivity index (χ3n) is 6.87. The van der Waals surface area contributed by atoms with E-state index in [1.165, 1.54) is 5.57 Å². The molecule has 0 radical (unpaired) electrons. The third-order valence-corrected chi connectivity index (χ3v) is 6.87. The summed E-state index contributed by atoms with van der Waals surface area (Å²) >= 11 is 0. The van der Waals surface area contributed by atoms with E-state index in [1.807, 2.05) is 0 Å². The fourth-order valence-corrected chi connectivity index (χ4v) is 4.77. The van der Waals surface area contributed by atoms with Crippen LogP contribution in [0.5, 0.6) is 0 Å². The maximum atomic E-state index is 12.4. The molecule has 0 aromatic rings. The van der Waals surface area contributed by atoms with E-state index in [2.05, 4.69) is 39.1 Å². The van der Waals surface area contributed by atoms with Crippen molar-refractivity contribution in [3.63, 3.8) is 0 Å². The molecule has 7 atom stereocenters. The Hall–Kier alpha value is -0.870. The van der Waals surface area contributed by atoms with Gasteiger partial charge in [0.2, 0.25) is 0 Å². The Morgan fingerprint density at radius 2 is 2.26 bits per heavy atom. The van der Waals surface area contributed by atoms with Crippen LogP contribution in [0.25, 0.3) is 0 Å². The lowest BCUT2D eigenvalue weighted by Gasteiger charge is -2.51. The van der Waals surface area contributed by atoms with Crippen molar-refractivity contribution in [2.45, 2.75) is 71.6 Å². The van der Waals surface area contributed by atoms with Gasteiger partial charge < -0.3 is 15.2 Å². The molecule has 3 rings (SSSR count). The third kappa shape index (κ3) is 2.64. The second-order valence-electron chi connectivity index (χ2n) is 8.02. The van der Waals surface area contributed by atoms with Crippen LogP contribution >= 0.6 is 0 Å². The van der Waals surface area contributed by atoms with Gasteiger partial charge in [-0.15, -0.1) is 0 Å². The number of carbonyl (C=O) groups is 1.